The molecule has 1 fully saturated rings. The van der Waals surface area contributed by atoms with Crippen molar-refractivity contribution in [1.82, 2.24) is 5.32 Å². The van der Waals surface area contributed by atoms with Crippen LogP contribution in [0.15, 0.2) is 0 Å². The monoisotopic (exact) mass is 283 g/mol. The van der Waals surface area contributed by atoms with Crippen molar-refractivity contribution in [2.45, 2.75) is 91.2 Å². The fourth-order valence-corrected chi connectivity index (χ4v) is 3.37. The summed E-state index contributed by atoms with van der Waals surface area (Å²) in [4.78, 5) is 0. The summed E-state index contributed by atoms with van der Waals surface area (Å²) in [6.07, 6.45) is 10.9. The maximum absolute atomic E-state index is 6.23. The zero-order valence-corrected chi connectivity index (χ0v) is 14.5. The molecule has 1 aliphatic rings. The van der Waals surface area contributed by atoms with E-state index in [1.165, 1.54) is 51.4 Å². The summed E-state index contributed by atoms with van der Waals surface area (Å²) < 4.78 is 6.23. The number of rotatable bonds is 8. The number of unbranched alkanes of at least 4 members (excludes halogenated alkanes) is 4. The number of likely N-dealkylation sites (N-methyl/N-ethyl adjacent to an activating group) is 1. The SMILES string of the molecule is CCCCCCCOC1CC(C(C)(C)C)CCC1NC. The van der Waals surface area contributed by atoms with Crippen LogP contribution in [0.5, 0.6) is 0 Å². The van der Waals surface area contributed by atoms with Gasteiger partial charge < -0.3 is 10.1 Å². The van der Waals surface area contributed by atoms with Gasteiger partial charge >= 0.3 is 0 Å². The van der Waals surface area contributed by atoms with Crippen molar-refractivity contribution < 1.29 is 4.74 Å². The fourth-order valence-electron chi connectivity index (χ4n) is 3.37. The Balaban J connectivity index is 2.31. The molecule has 0 spiro atoms. The molecule has 3 unspecified atom stereocenters. The first-order chi connectivity index (χ1) is 9.49. The van der Waals surface area contributed by atoms with Crippen molar-refractivity contribution in [3.63, 3.8) is 0 Å². The second-order valence-electron chi connectivity index (χ2n) is 7.59. The van der Waals surface area contributed by atoms with E-state index < -0.39 is 0 Å². The molecule has 20 heavy (non-hydrogen) atoms. The van der Waals surface area contributed by atoms with Gasteiger partial charge in [-0.3, -0.25) is 0 Å². The van der Waals surface area contributed by atoms with E-state index in [0.717, 1.165) is 12.5 Å². The molecule has 1 rings (SSSR count). The lowest BCUT2D eigenvalue weighted by molar-refractivity contribution is -0.0273. The molecule has 0 aliphatic heterocycles. The third-order valence-electron chi connectivity index (χ3n) is 4.97. The van der Waals surface area contributed by atoms with E-state index in [9.17, 15) is 0 Å². The average molecular weight is 283 g/mol. The van der Waals surface area contributed by atoms with Crippen LogP contribution < -0.4 is 5.32 Å². The van der Waals surface area contributed by atoms with Crippen molar-refractivity contribution >= 4 is 0 Å². The Bertz CT molecular complexity index is 246. The van der Waals surface area contributed by atoms with Crippen LogP contribution in [0.25, 0.3) is 0 Å². The minimum atomic E-state index is 0.418. The van der Waals surface area contributed by atoms with Gasteiger partial charge in [0.25, 0.3) is 0 Å². The van der Waals surface area contributed by atoms with Gasteiger partial charge in [0, 0.05) is 12.6 Å². The first-order valence-corrected chi connectivity index (χ1v) is 8.78. The molecule has 0 aromatic heterocycles. The van der Waals surface area contributed by atoms with Crippen molar-refractivity contribution in [2.24, 2.45) is 11.3 Å². The van der Waals surface area contributed by atoms with Crippen molar-refractivity contribution in [3.05, 3.63) is 0 Å². The first-order valence-electron chi connectivity index (χ1n) is 8.78. The summed E-state index contributed by atoms with van der Waals surface area (Å²) in [5, 5.41) is 3.46. The predicted molar refractivity (Wildman–Crippen MR) is 88.1 cm³/mol. The molecule has 0 aromatic carbocycles. The van der Waals surface area contributed by atoms with Crippen LogP contribution in [0.2, 0.25) is 0 Å². The molecule has 1 N–H and O–H groups in total. The summed E-state index contributed by atoms with van der Waals surface area (Å²) in [5.41, 5.74) is 0.418. The van der Waals surface area contributed by atoms with Gasteiger partial charge in [-0.25, -0.2) is 0 Å². The molecule has 2 nitrogen and oxygen atoms in total. The lowest BCUT2D eigenvalue weighted by atomic mass is 9.70. The smallest absolute Gasteiger partial charge is 0.0730 e. The number of hydrogen-bond donors (Lipinski definition) is 1. The number of ether oxygens (including phenoxy) is 1. The van der Waals surface area contributed by atoms with E-state index in [0.29, 0.717) is 17.6 Å². The second-order valence-corrected chi connectivity index (χ2v) is 7.59. The van der Waals surface area contributed by atoms with Gasteiger partial charge in [0.15, 0.2) is 0 Å². The standard InChI is InChI=1S/C18H37NO/c1-6-7-8-9-10-13-20-17-14-15(18(2,3)4)11-12-16(17)19-5/h15-17,19H,6-14H2,1-5H3. The third-order valence-corrected chi connectivity index (χ3v) is 4.97. The highest BCUT2D eigenvalue weighted by atomic mass is 16.5. The Kier molecular flexibility index (Phi) is 8.13. The van der Waals surface area contributed by atoms with Crippen LogP contribution in [0.1, 0.15) is 79.1 Å². The molecule has 120 valence electrons. The summed E-state index contributed by atoms with van der Waals surface area (Å²) in [6.45, 7) is 10.3. The van der Waals surface area contributed by atoms with E-state index in [1.807, 2.05) is 0 Å². The highest BCUT2D eigenvalue weighted by Crippen LogP contribution is 2.38. The molecule has 0 bridgehead atoms. The van der Waals surface area contributed by atoms with Crippen LogP contribution >= 0.6 is 0 Å². The van der Waals surface area contributed by atoms with E-state index >= 15 is 0 Å². The van der Waals surface area contributed by atoms with Crippen LogP contribution in [0, 0.1) is 11.3 Å². The van der Waals surface area contributed by atoms with Gasteiger partial charge in [0.1, 0.15) is 0 Å². The van der Waals surface area contributed by atoms with Crippen molar-refractivity contribution in [3.8, 4) is 0 Å². The lowest BCUT2D eigenvalue weighted by Crippen LogP contribution is -2.46. The van der Waals surface area contributed by atoms with Gasteiger partial charge in [0.2, 0.25) is 0 Å². The fraction of sp³-hybridized carbons (Fsp3) is 1.00. The summed E-state index contributed by atoms with van der Waals surface area (Å²) in [6, 6.07) is 0.559. The van der Waals surface area contributed by atoms with Crippen molar-refractivity contribution in [2.75, 3.05) is 13.7 Å². The summed E-state index contributed by atoms with van der Waals surface area (Å²) >= 11 is 0. The zero-order valence-electron chi connectivity index (χ0n) is 14.5. The average Bonchev–Trinajstić information content (AvgIpc) is 2.41. The maximum atomic E-state index is 6.23. The van der Waals surface area contributed by atoms with Crippen molar-refractivity contribution in [1.29, 1.82) is 0 Å². The van der Waals surface area contributed by atoms with E-state index in [4.69, 9.17) is 4.74 Å². The number of hydrogen-bond acceptors (Lipinski definition) is 2. The van der Waals surface area contributed by atoms with Gasteiger partial charge in [-0.2, -0.15) is 0 Å². The molecule has 0 radical (unpaired) electrons. The van der Waals surface area contributed by atoms with Crippen LogP contribution in [-0.4, -0.2) is 25.8 Å². The minimum absolute atomic E-state index is 0.418. The van der Waals surface area contributed by atoms with Gasteiger partial charge in [-0.05, 0) is 44.1 Å². The molecule has 0 aromatic rings. The molecule has 1 saturated carbocycles. The first kappa shape index (κ1) is 18.0. The van der Waals surface area contributed by atoms with Gasteiger partial charge in [-0.15, -0.1) is 0 Å². The Morgan fingerprint density at radius 1 is 1.05 bits per heavy atom. The van der Waals surface area contributed by atoms with Gasteiger partial charge in [-0.1, -0.05) is 53.4 Å². The largest absolute Gasteiger partial charge is 0.377 e. The highest BCUT2D eigenvalue weighted by molar-refractivity contribution is 4.89. The number of nitrogens with one attached hydrogen (secondary N) is 1. The predicted octanol–water partition coefficient (Wildman–Crippen LogP) is 4.78. The highest BCUT2D eigenvalue weighted by Gasteiger charge is 2.35. The Morgan fingerprint density at radius 2 is 1.75 bits per heavy atom. The molecule has 1 aliphatic carbocycles. The summed E-state index contributed by atoms with van der Waals surface area (Å²) in [7, 11) is 2.08. The lowest BCUT2D eigenvalue weighted by Gasteiger charge is -2.41. The Labute approximate surface area is 127 Å². The van der Waals surface area contributed by atoms with Crippen LogP contribution in [0.3, 0.4) is 0 Å². The molecular formula is C18H37NO. The zero-order chi connectivity index (χ0) is 15.0. The second kappa shape index (κ2) is 9.04. The van der Waals surface area contributed by atoms with E-state index in [1.54, 1.807) is 0 Å². The minimum Gasteiger partial charge on any atom is -0.377 e. The third kappa shape index (κ3) is 6.13. The van der Waals surface area contributed by atoms with Crippen LogP contribution in [0.4, 0.5) is 0 Å². The maximum Gasteiger partial charge on any atom is 0.0730 e. The summed E-state index contributed by atoms with van der Waals surface area (Å²) in [5.74, 6) is 0.803. The molecule has 0 amide bonds. The molecule has 3 atom stereocenters. The molecular weight excluding hydrogens is 246 g/mol. The molecule has 2 heteroatoms. The Morgan fingerprint density at radius 3 is 2.35 bits per heavy atom. The van der Waals surface area contributed by atoms with Gasteiger partial charge in [0.05, 0.1) is 6.10 Å². The van der Waals surface area contributed by atoms with E-state index in [2.05, 4.69) is 40.1 Å². The molecule has 0 heterocycles. The quantitative estimate of drug-likeness (QED) is 0.647. The van der Waals surface area contributed by atoms with Crippen LogP contribution in [-0.2, 0) is 4.74 Å². The molecule has 0 saturated heterocycles. The Hall–Kier alpha value is -0.0800. The van der Waals surface area contributed by atoms with E-state index in [-0.39, 0.29) is 0 Å². The topological polar surface area (TPSA) is 21.3 Å². The normalized spacial score (nSPS) is 27.8.